The Morgan fingerprint density at radius 2 is 1.90 bits per heavy atom. The molecule has 6 heteroatoms. The van der Waals surface area contributed by atoms with Gasteiger partial charge in [-0.05, 0) is 26.9 Å². The van der Waals surface area contributed by atoms with Crippen molar-refractivity contribution in [2.75, 3.05) is 33.2 Å². The van der Waals surface area contributed by atoms with E-state index < -0.39 is 0 Å². The van der Waals surface area contributed by atoms with Crippen LogP contribution in [0.4, 0.5) is 0 Å². The molecule has 2 N–H and O–H groups in total. The molecule has 0 aliphatic heterocycles. The Hall–Kier alpha value is -1.56. The van der Waals surface area contributed by atoms with Gasteiger partial charge in [0.15, 0.2) is 5.96 Å². The molecular weight excluding hydrogens is 264 g/mol. The minimum Gasteiger partial charge on any atom is -0.355 e. The number of aliphatic imine (C=N–C) groups is 1. The van der Waals surface area contributed by atoms with Gasteiger partial charge >= 0.3 is 0 Å². The van der Waals surface area contributed by atoms with Gasteiger partial charge in [-0.3, -0.25) is 9.67 Å². The average Bonchev–Trinajstić information content (AvgIpc) is 2.72. The van der Waals surface area contributed by atoms with Crippen molar-refractivity contribution in [3.05, 3.63) is 17.0 Å². The lowest BCUT2D eigenvalue weighted by molar-refractivity contribution is 0.308. The Labute approximate surface area is 128 Å². The van der Waals surface area contributed by atoms with E-state index >= 15 is 0 Å². The highest BCUT2D eigenvalue weighted by Crippen LogP contribution is 2.10. The summed E-state index contributed by atoms with van der Waals surface area (Å²) in [6.07, 6.45) is 0. The fourth-order valence-corrected chi connectivity index (χ4v) is 2.34. The van der Waals surface area contributed by atoms with Crippen molar-refractivity contribution in [2.45, 2.75) is 34.2 Å². The van der Waals surface area contributed by atoms with E-state index in [1.54, 1.807) is 7.05 Å². The molecule has 0 saturated heterocycles. The zero-order chi connectivity index (χ0) is 15.8. The number of hydrogen-bond acceptors (Lipinski definition) is 3. The normalized spacial score (nSPS) is 12.0. The number of aryl methyl sites for hydroxylation is 2. The molecule has 1 aromatic heterocycles. The third kappa shape index (κ3) is 5.04. The standard InChI is InChI=1S/C15H30N6/c1-7-21(8-2)10-9-17-15(16-5)18-11-14-12(3)19-20(6)13(14)4/h7-11H2,1-6H3,(H2,16,17,18). The Kier molecular flexibility index (Phi) is 7.22. The van der Waals surface area contributed by atoms with Crippen molar-refractivity contribution < 1.29 is 0 Å². The topological polar surface area (TPSA) is 57.5 Å². The van der Waals surface area contributed by atoms with E-state index in [1.807, 2.05) is 18.7 Å². The third-order valence-electron chi connectivity index (χ3n) is 3.93. The van der Waals surface area contributed by atoms with Crippen LogP contribution in [0.3, 0.4) is 0 Å². The van der Waals surface area contributed by atoms with Gasteiger partial charge in [-0.15, -0.1) is 0 Å². The van der Waals surface area contributed by atoms with Gasteiger partial charge in [-0.1, -0.05) is 13.8 Å². The van der Waals surface area contributed by atoms with Crippen LogP contribution < -0.4 is 10.6 Å². The largest absolute Gasteiger partial charge is 0.355 e. The van der Waals surface area contributed by atoms with Crippen LogP contribution in [0.2, 0.25) is 0 Å². The Balaban J connectivity index is 2.45. The highest BCUT2D eigenvalue weighted by Gasteiger charge is 2.09. The molecule has 0 amide bonds. The van der Waals surface area contributed by atoms with E-state index in [0.29, 0.717) is 0 Å². The van der Waals surface area contributed by atoms with Crippen LogP contribution in [0.25, 0.3) is 0 Å². The van der Waals surface area contributed by atoms with E-state index in [0.717, 1.165) is 44.4 Å². The van der Waals surface area contributed by atoms with E-state index in [-0.39, 0.29) is 0 Å². The van der Waals surface area contributed by atoms with Crippen LogP contribution in [0.5, 0.6) is 0 Å². The zero-order valence-electron chi connectivity index (χ0n) is 14.3. The average molecular weight is 294 g/mol. The Bertz CT molecular complexity index is 459. The summed E-state index contributed by atoms with van der Waals surface area (Å²) < 4.78 is 1.92. The minimum atomic E-state index is 0.746. The summed E-state index contributed by atoms with van der Waals surface area (Å²) in [5.41, 5.74) is 3.50. The summed E-state index contributed by atoms with van der Waals surface area (Å²) in [7, 11) is 3.78. The summed E-state index contributed by atoms with van der Waals surface area (Å²) in [4.78, 5) is 6.65. The van der Waals surface area contributed by atoms with Crippen LogP contribution in [0.1, 0.15) is 30.8 Å². The maximum atomic E-state index is 4.43. The summed E-state index contributed by atoms with van der Waals surface area (Å²) in [6.45, 7) is 13.3. The van der Waals surface area contributed by atoms with Gasteiger partial charge in [0, 0.05) is 45.0 Å². The summed E-state index contributed by atoms with van der Waals surface area (Å²) >= 11 is 0. The second-order valence-corrected chi connectivity index (χ2v) is 5.15. The van der Waals surface area contributed by atoms with Crippen molar-refractivity contribution in [3.8, 4) is 0 Å². The highest BCUT2D eigenvalue weighted by molar-refractivity contribution is 5.79. The Morgan fingerprint density at radius 3 is 2.38 bits per heavy atom. The first-order valence-electron chi connectivity index (χ1n) is 7.69. The molecule has 0 atom stereocenters. The molecule has 0 radical (unpaired) electrons. The minimum absolute atomic E-state index is 0.746. The quantitative estimate of drug-likeness (QED) is 0.583. The lowest BCUT2D eigenvalue weighted by Crippen LogP contribution is -2.41. The summed E-state index contributed by atoms with van der Waals surface area (Å²) in [5, 5.41) is 11.1. The molecule has 1 rings (SSSR count). The molecule has 1 heterocycles. The van der Waals surface area contributed by atoms with Gasteiger partial charge in [0.1, 0.15) is 0 Å². The zero-order valence-corrected chi connectivity index (χ0v) is 14.3. The Morgan fingerprint density at radius 1 is 1.24 bits per heavy atom. The number of likely N-dealkylation sites (N-methyl/N-ethyl adjacent to an activating group) is 1. The number of guanidine groups is 1. The number of hydrogen-bond donors (Lipinski definition) is 2. The third-order valence-corrected chi connectivity index (χ3v) is 3.93. The van der Waals surface area contributed by atoms with Crippen molar-refractivity contribution >= 4 is 5.96 Å². The van der Waals surface area contributed by atoms with E-state index in [9.17, 15) is 0 Å². The lowest BCUT2D eigenvalue weighted by Gasteiger charge is -2.19. The van der Waals surface area contributed by atoms with Crippen molar-refractivity contribution in [2.24, 2.45) is 12.0 Å². The smallest absolute Gasteiger partial charge is 0.191 e. The molecule has 0 aliphatic rings. The van der Waals surface area contributed by atoms with Crippen LogP contribution in [0.15, 0.2) is 4.99 Å². The SMILES string of the molecule is CCN(CC)CCNC(=NC)NCc1c(C)nn(C)c1C. The molecule has 21 heavy (non-hydrogen) atoms. The van der Waals surface area contributed by atoms with Gasteiger partial charge in [0.2, 0.25) is 0 Å². The van der Waals surface area contributed by atoms with Crippen molar-refractivity contribution in [1.82, 2.24) is 25.3 Å². The number of nitrogens with zero attached hydrogens (tertiary/aromatic N) is 4. The van der Waals surface area contributed by atoms with Gasteiger partial charge in [0.25, 0.3) is 0 Å². The monoisotopic (exact) mass is 294 g/mol. The number of aromatic nitrogens is 2. The van der Waals surface area contributed by atoms with Gasteiger partial charge in [0.05, 0.1) is 5.69 Å². The first-order valence-corrected chi connectivity index (χ1v) is 7.69. The molecule has 0 bridgehead atoms. The van der Waals surface area contributed by atoms with Gasteiger partial charge in [-0.25, -0.2) is 0 Å². The van der Waals surface area contributed by atoms with Crippen LogP contribution >= 0.6 is 0 Å². The fraction of sp³-hybridized carbons (Fsp3) is 0.733. The lowest BCUT2D eigenvalue weighted by atomic mass is 10.2. The fourth-order valence-electron chi connectivity index (χ4n) is 2.34. The molecule has 0 fully saturated rings. The second-order valence-electron chi connectivity index (χ2n) is 5.15. The molecule has 120 valence electrons. The number of nitrogens with one attached hydrogen (secondary N) is 2. The molecule has 6 nitrogen and oxygen atoms in total. The first kappa shape index (κ1) is 17.5. The molecule has 0 aliphatic carbocycles. The second kappa shape index (κ2) is 8.67. The summed E-state index contributed by atoms with van der Waals surface area (Å²) in [6, 6.07) is 0. The molecule has 0 spiro atoms. The molecule has 0 aromatic carbocycles. The maximum absolute atomic E-state index is 4.43. The van der Waals surface area contributed by atoms with Crippen LogP contribution in [-0.2, 0) is 13.6 Å². The molecule has 1 aromatic rings. The van der Waals surface area contributed by atoms with Crippen molar-refractivity contribution in [1.29, 1.82) is 0 Å². The van der Waals surface area contributed by atoms with E-state index in [2.05, 4.69) is 46.4 Å². The first-order chi connectivity index (χ1) is 10.0. The summed E-state index contributed by atoms with van der Waals surface area (Å²) in [5.74, 6) is 0.838. The van der Waals surface area contributed by atoms with Gasteiger partial charge in [-0.2, -0.15) is 5.10 Å². The highest BCUT2D eigenvalue weighted by atomic mass is 15.3. The molecule has 0 saturated carbocycles. The van der Waals surface area contributed by atoms with Crippen LogP contribution in [0, 0.1) is 13.8 Å². The van der Waals surface area contributed by atoms with Crippen molar-refractivity contribution in [3.63, 3.8) is 0 Å². The number of rotatable bonds is 7. The van der Waals surface area contributed by atoms with Crippen LogP contribution in [-0.4, -0.2) is 53.9 Å². The van der Waals surface area contributed by atoms with E-state index in [1.165, 1.54) is 11.3 Å². The molecular formula is C15H30N6. The van der Waals surface area contributed by atoms with E-state index in [4.69, 9.17) is 0 Å². The van der Waals surface area contributed by atoms with Gasteiger partial charge < -0.3 is 15.5 Å². The molecule has 0 unspecified atom stereocenters. The predicted octanol–water partition coefficient (Wildman–Crippen LogP) is 1.04. The predicted molar refractivity (Wildman–Crippen MR) is 88.7 cm³/mol. The maximum Gasteiger partial charge on any atom is 0.191 e.